The fourth-order valence-corrected chi connectivity index (χ4v) is 5.15. The third-order valence-corrected chi connectivity index (χ3v) is 6.97. The zero-order valence-electron chi connectivity index (χ0n) is 16.5. The van der Waals surface area contributed by atoms with Crippen LogP contribution in [0.5, 0.6) is 5.75 Å². The van der Waals surface area contributed by atoms with Gasteiger partial charge in [0.15, 0.2) is 0 Å². The fourth-order valence-electron chi connectivity index (χ4n) is 3.50. The molecule has 1 heterocycles. The zero-order chi connectivity index (χ0) is 20.3. The first-order valence-corrected chi connectivity index (χ1v) is 10.7. The number of sulfonamides is 1. The molecule has 1 fully saturated rings. The summed E-state index contributed by atoms with van der Waals surface area (Å²) in [5, 5.41) is 0. The highest BCUT2D eigenvalue weighted by Gasteiger charge is 2.40. The molecule has 1 amide bonds. The van der Waals surface area contributed by atoms with Crippen LogP contribution < -0.4 is 4.74 Å². The molecule has 7 heteroatoms. The number of hydrogen-bond donors (Lipinski definition) is 0. The number of benzene rings is 2. The first kappa shape index (κ1) is 20.4. The van der Waals surface area contributed by atoms with Gasteiger partial charge in [-0.1, -0.05) is 29.8 Å². The minimum Gasteiger partial charge on any atom is -0.497 e. The van der Waals surface area contributed by atoms with E-state index in [2.05, 4.69) is 0 Å². The second kappa shape index (κ2) is 8.32. The Morgan fingerprint density at radius 1 is 1.21 bits per heavy atom. The summed E-state index contributed by atoms with van der Waals surface area (Å²) in [6.07, 6.45) is 1.21. The Balaban J connectivity index is 1.77. The molecule has 1 unspecified atom stereocenters. The van der Waals surface area contributed by atoms with Crippen molar-refractivity contribution in [2.24, 2.45) is 0 Å². The van der Waals surface area contributed by atoms with Gasteiger partial charge in [-0.15, -0.1) is 0 Å². The Hall–Kier alpha value is -2.38. The molecule has 28 heavy (non-hydrogen) atoms. The summed E-state index contributed by atoms with van der Waals surface area (Å²) < 4.78 is 32.7. The van der Waals surface area contributed by atoms with E-state index in [1.54, 1.807) is 43.3 Å². The summed E-state index contributed by atoms with van der Waals surface area (Å²) in [5.41, 5.74) is 1.92. The van der Waals surface area contributed by atoms with E-state index >= 15 is 0 Å². The highest BCUT2D eigenvalue weighted by atomic mass is 32.2. The zero-order valence-corrected chi connectivity index (χ0v) is 17.3. The molecule has 1 aliphatic rings. The average molecular weight is 403 g/mol. The van der Waals surface area contributed by atoms with Gasteiger partial charge in [0.1, 0.15) is 11.8 Å². The van der Waals surface area contributed by atoms with E-state index in [1.165, 1.54) is 4.31 Å². The van der Waals surface area contributed by atoms with Crippen molar-refractivity contribution in [2.75, 3.05) is 20.7 Å². The molecular weight excluding hydrogens is 376 g/mol. The van der Waals surface area contributed by atoms with Gasteiger partial charge in [-0.05, 0) is 49.6 Å². The van der Waals surface area contributed by atoms with E-state index in [4.69, 9.17) is 4.74 Å². The molecule has 0 radical (unpaired) electrons. The van der Waals surface area contributed by atoms with Gasteiger partial charge in [-0.2, -0.15) is 4.31 Å². The third kappa shape index (κ3) is 4.20. The molecule has 0 spiro atoms. The number of amides is 1. The normalized spacial score (nSPS) is 17.5. The van der Waals surface area contributed by atoms with E-state index in [-0.39, 0.29) is 10.8 Å². The van der Waals surface area contributed by atoms with Crippen LogP contribution in [0, 0.1) is 6.92 Å². The Morgan fingerprint density at radius 2 is 1.93 bits per heavy atom. The highest BCUT2D eigenvalue weighted by Crippen LogP contribution is 2.28. The Labute approximate surface area is 166 Å². The number of rotatable bonds is 6. The molecule has 0 bridgehead atoms. The first-order valence-electron chi connectivity index (χ1n) is 9.29. The van der Waals surface area contributed by atoms with Crippen LogP contribution in [-0.2, 0) is 21.4 Å². The van der Waals surface area contributed by atoms with Crippen LogP contribution >= 0.6 is 0 Å². The maximum absolute atomic E-state index is 13.1. The second-order valence-electron chi connectivity index (χ2n) is 7.13. The highest BCUT2D eigenvalue weighted by molar-refractivity contribution is 7.89. The van der Waals surface area contributed by atoms with Gasteiger partial charge in [0.25, 0.3) is 0 Å². The smallest absolute Gasteiger partial charge is 0.243 e. The minimum absolute atomic E-state index is 0.184. The lowest BCUT2D eigenvalue weighted by molar-refractivity contribution is -0.133. The van der Waals surface area contributed by atoms with Crippen molar-refractivity contribution in [3.8, 4) is 5.75 Å². The molecule has 6 nitrogen and oxygen atoms in total. The molecule has 1 atom stereocenters. The molecular formula is C21H26N2O4S. The first-order chi connectivity index (χ1) is 13.3. The number of aryl methyl sites for hydroxylation is 1. The van der Waals surface area contributed by atoms with Crippen molar-refractivity contribution >= 4 is 15.9 Å². The van der Waals surface area contributed by atoms with Crippen LogP contribution in [0.25, 0.3) is 0 Å². The van der Waals surface area contributed by atoms with E-state index in [9.17, 15) is 13.2 Å². The maximum Gasteiger partial charge on any atom is 0.243 e. The summed E-state index contributed by atoms with van der Waals surface area (Å²) >= 11 is 0. The van der Waals surface area contributed by atoms with Crippen LogP contribution in [0.15, 0.2) is 53.4 Å². The van der Waals surface area contributed by atoms with Gasteiger partial charge in [0, 0.05) is 20.1 Å². The minimum atomic E-state index is -3.70. The van der Waals surface area contributed by atoms with Crippen LogP contribution in [-0.4, -0.2) is 50.3 Å². The van der Waals surface area contributed by atoms with Gasteiger partial charge in [-0.3, -0.25) is 4.79 Å². The van der Waals surface area contributed by atoms with Crippen LogP contribution in [0.2, 0.25) is 0 Å². The average Bonchev–Trinajstić information content (AvgIpc) is 3.18. The summed E-state index contributed by atoms with van der Waals surface area (Å²) in [6.45, 7) is 2.66. The quantitative estimate of drug-likeness (QED) is 0.745. The molecule has 0 saturated carbocycles. The summed E-state index contributed by atoms with van der Waals surface area (Å²) in [5.74, 6) is 0.541. The Morgan fingerprint density at radius 3 is 2.61 bits per heavy atom. The predicted molar refractivity (Wildman–Crippen MR) is 108 cm³/mol. The van der Waals surface area contributed by atoms with Crippen molar-refractivity contribution < 1.29 is 17.9 Å². The van der Waals surface area contributed by atoms with Crippen LogP contribution in [0.4, 0.5) is 0 Å². The van der Waals surface area contributed by atoms with Gasteiger partial charge in [0.05, 0.1) is 12.0 Å². The Kier molecular flexibility index (Phi) is 6.05. The molecule has 0 aliphatic carbocycles. The van der Waals surface area contributed by atoms with Crippen molar-refractivity contribution in [2.45, 2.75) is 37.2 Å². The standard InChI is InChI=1S/C21H26N2O4S/c1-16-9-11-19(12-10-16)28(25,26)23-13-5-8-20(23)21(24)22(2)15-17-6-4-7-18(14-17)27-3/h4,6-7,9-12,14,20H,5,8,13,15H2,1-3H3. The number of likely N-dealkylation sites (N-methyl/N-ethyl adjacent to an activating group) is 1. The summed E-state index contributed by atoms with van der Waals surface area (Å²) in [4.78, 5) is 14.9. The molecule has 1 aliphatic heterocycles. The lowest BCUT2D eigenvalue weighted by atomic mass is 10.1. The van der Waals surface area contributed by atoms with E-state index in [1.807, 2.05) is 31.2 Å². The lowest BCUT2D eigenvalue weighted by Gasteiger charge is -2.27. The monoisotopic (exact) mass is 402 g/mol. The van der Waals surface area contributed by atoms with Gasteiger partial charge in [0.2, 0.25) is 15.9 Å². The van der Waals surface area contributed by atoms with Crippen molar-refractivity contribution in [1.29, 1.82) is 0 Å². The summed E-state index contributed by atoms with van der Waals surface area (Å²) in [6, 6.07) is 13.6. The molecule has 2 aromatic rings. The van der Waals surface area contributed by atoms with E-state index in [0.29, 0.717) is 25.9 Å². The number of methoxy groups -OCH3 is 1. The molecule has 150 valence electrons. The third-order valence-electron chi connectivity index (χ3n) is 5.05. The molecule has 2 aromatic carbocycles. The number of carbonyl (C=O) groups excluding carboxylic acids is 1. The largest absolute Gasteiger partial charge is 0.497 e. The predicted octanol–water partition coefficient (Wildman–Crippen LogP) is 2.82. The van der Waals surface area contributed by atoms with Gasteiger partial charge < -0.3 is 9.64 Å². The number of carbonyl (C=O) groups is 1. The van der Waals surface area contributed by atoms with Crippen molar-refractivity contribution in [1.82, 2.24) is 9.21 Å². The molecule has 0 N–H and O–H groups in total. The van der Waals surface area contributed by atoms with Gasteiger partial charge in [-0.25, -0.2) is 8.42 Å². The number of ether oxygens (including phenoxy) is 1. The molecule has 1 saturated heterocycles. The SMILES string of the molecule is COc1cccc(CN(C)C(=O)C2CCCN2S(=O)(=O)c2ccc(C)cc2)c1. The Bertz CT molecular complexity index is 941. The fraction of sp³-hybridized carbons (Fsp3) is 0.381. The van der Waals surface area contributed by atoms with Gasteiger partial charge >= 0.3 is 0 Å². The van der Waals surface area contributed by atoms with Crippen molar-refractivity contribution in [3.05, 3.63) is 59.7 Å². The number of nitrogens with zero attached hydrogens (tertiary/aromatic N) is 2. The molecule has 3 rings (SSSR count). The second-order valence-corrected chi connectivity index (χ2v) is 9.02. The summed E-state index contributed by atoms with van der Waals surface area (Å²) in [7, 11) is -0.398. The van der Waals surface area contributed by atoms with E-state index in [0.717, 1.165) is 16.9 Å². The maximum atomic E-state index is 13.1. The topological polar surface area (TPSA) is 66.9 Å². The van der Waals surface area contributed by atoms with E-state index < -0.39 is 16.1 Å². The molecule has 0 aromatic heterocycles. The number of hydrogen-bond acceptors (Lipinski definition) is 4. The van der Waals surface area contributed by atoms with Crippen molar-refractivity contribution in [3.63, 3.8) is 0 Å². The van der Waals surface area contributed by atoms with Crippen LogP contribution in [0.3, 0.4) is 0 Å². The lowest BCUT2D eigenvalue weighted by Crippen LogP contribution is -2.46. The van der Waals surface area contributed by atoms with Crippen LogP contribution in [0.1, 0.15) is 24.0 Å².